The van der Waals surface area contributed by atoms with Crippen LogP contribution >= 0.6 is 22.6 Å². The number of nitro benzene ring substituents is 1. The third kappa shape index (κ3) is 2.76. The normalized spacial score (nSPS) is 20.2. The number of rotatable bonds is 3. The second-order valence-electron chi connectivity index (χ2n) is 6.40. The van der Waals surface area contributed by atoms with Crippen LogP contribution in [-0.4, -0.2) is 32.8 Å². The molecule has 1 saturated heterocycles. The quantitative estimate of drug-likeness (QED) is 0.417. The lowest BCUT2D eigenvalue weighted by Crippen LogP contribution is -2.35. The van der Waals surface area contributed by atoms with E-state index in [9.17, 15) is 10.1 Å². The molecular formula is C16H18IN5O2. The van der Waals surface area contributed by atoms with Gasteiger partial charge in [0.2, 0.25) is 0 Å². The average Bonchev–Trinajstić information content (AvgIpc) is 3.18. The van der Waals surface area contributed by atoms with Crippen molar-refractivity contribution < 1.29 is 4.92 Å². The number of anilines is 1. The van der Waals surface area contributed by atoms with E-state index in [0.29, 0.717) is 5.69 Å². The summed E-state index contributed by atoms with van der Waals surface area (Å²) in [4.78, 5) is 13.3. The highest BCUT2D eigenvalue weighted by atomic mass is 127. The smallest absolute Gasteiger partial charge is 0.293 e. The van der Waals surface area contributed by atoms with Crippen molar-refractivity contribution in [1.82, 2.24) is 14.8 Å². The van der Waals surface area contributed by atoms with Crippen LogP contribution in [0.1, 0.15) is 36.8 Å². The molecule has 0 amide bonds. The van der Waals surface area contributed by atoms with Crippen LogP contribution in [0.2, 0.25) is 0 Å². The largest absolute Gasteiger partial charge is 0.365 e. The monoisotopic (exact) mass is 439 g/mol. The second-order valence-corrected chi connectivity index (χ2v) is 7.65. The molecule has 0 aliphatic carbocycles. The lowest BCUT2D eigenvalue weighted by atomic mass is 9.96. The maximum absolute atomic E-state index is 11.4. The Morgan fingerprint density at radius 1 is 1.25 bits per heavy atom. The maximum Gasteiger partial charge on any atom is 0.293 e. The van der Waals surface area contributed by atoms with Gasteiger partial charge >= 0.3 is 0 Å². The molecule has 0 bridgehead atoms. The minimum atomic E-state index is -0.282. The van der Waals surface area contributed by atoms with Crippen LogP contribution in [0.15, 0.2) is 18.2 Å². The molecule has 2 aliphatic heterocycles. The molecule has 0 saturated carbocycles. The molecule has 1 aromatic carbocycles. The summed E-state index contributed by atoms with van der Waals surface area (Å²) in [5.41, 5.74) is 0.903. The molecule has 0 spiro atoms. The van der Waals surface area contributed by atoms with Crippen LogP contribution in [0.4, 0.5) is 11.4 Å². The summed E-state index contributed by atoms with van der Waals surface area (Å²) in [7, 11) is 0. The summed E-state index contributed by atoms with van der Waals surface area (Å²) in [6.45, 7) is 2.61. The molecule has 3 heterocycles. The van der Waals surface area contributed by atoms with Crippen molar-refractivity contribution in [2.24, 2.45) is 0 Å². The van der Waals surface area contributed by atoms with Crippen LogP contribution in [0, 0.1) is 13.7 Å². The van der Waals surface area contributed by atoms with Crippen molar-refractivity contribution in [1.29, 1.82) is 0 Å². The van der Waals surface area contributed by atoms with E-state index < -0.39 is 0 Å². The van der Waals surface area contributed by atoms with Gasteiger partial charge in [0.25, 0.3) is 5.69 Å². The van der Waals surface area contributed by atoms with Crippen molar-refractivity contribution in [2.45, 2.75) is 38.1 Å². The summed E-state index contributed by atoms with van der Waals surface area (Å²) in [6, 6.07) is 5.45. The number of aryl methyl sites for hydroxylation is 1. The van der Waals surface area contributed by atoms with Crippen LogP contribution < -0.4 is 4.90 Å². The predicted octanol–water partition coefficient (Wildman–Crippen LogP) is 3.12. The van der Waals surface area contributed by atoms with E-state index in [1.54, 1.807) is 6.07 Å². The Bertz CT molecular complexity index is 791. The Kier molecular flexibility index (Phi) is 4.15. The first-order valence-electron chi connectivity index (χ1n) is 8.24. The molecular weight excluding hydrogens is 421 g/mol. The van der Waals surface area contributed by atoms with Crippen LogP contribution in [0.25, 0.3) is 0 Å². The SMILES string of the molecule is O=[N+]([O-])c1cc(I)ccc1N1CCCC(c2nnc3n2CCC3)C1. The third-order valence-corrected chi connectivity index (χ3v) is 5.57. The molecule has 1 unspecified atom stereocenters. The van der Waals surface area contributed by atoms with Gasteiger partial charge in [-0.3, -0.25) is 10.1 Å². The van der Waals surface area contributed by atoms with E-state index in [4.69, 9.17) is 0 Å². The van der Waals surface area contributed by atoms with Gasteiger partial charge in [-0.15, -0.1) is 10.2 Å². The van der Waals surface area contributed by atoms with Gasteiger partial charge in [-0.1, -0.05) is 0 Å². The maximum atomic E-state index is 11.4. The van der Waals surface area contributed by atoms with Crippen molar-refractivity contribution >= 4 is 34.0 Å². The number of fused-ring (bicyclic) bond motifs is 1. The molecule has 7 nitrogen and oxygen atoms in total. The van der Waals surface area contributed by atoms with E-state index in [0.717, 1.165) is 60.5 Å². The minimum absolute atomic E-state index is 0.189. The Hall–Kier alpha value is -1.71. The number of aromatic nitrogens is 3. The highest BCUT2D eigenvalue weighted by molar-refractivity contribution is 14.1. The van der Waals surface area contributed by atoms with Crippen LogP contribution in [0.3, 0.4) is 0 Å². The lowest BCUT2D eigenvalue weighted by molar-refractivity contribution is -0.384. The van der Waals surface area contributed by atoms with E-state index >= 15 is 0 Å². The minimum Gasteiger partial charge on any atom is -0.365 e. The first kappa shape index (κ1) is 15.8. The lowest BCUT2D eigenvalue weighted by Gasteiger charge is -2.33. The number of hydrogen-bond acceptors (Lipinski definition) is 5. The first-order valence-corrected chi connectivity index (χ1v) is 9.32. The number of nitro groups is 1. The van der Waals surface area contributed by atoms with Crippen molar-refractivity contribution in [2.75, 3.05) is 18.0 Å². The molecule has 126 valence electrons. The predicted molar refractivity (Wildman–Crippen MR) is 98.3 cm³/mol. The van der Waals surface area contributed by atoms with E-state index in [2.05, 4.69) is 42.3 Å². The number of benzene rings is 1. The molecule has 24 heavy (non-hydrogen) atoms. The third-order valence-electron chi connectivity index (χ3n) is 4.90. The summed E-state index contributed by atoms with van der Waals surface area (Å²) in [5.74, 6) is 2.43. The molecule has 1 fully saturated rings. The standard InChI is InChI=1S/C16H18IN5O2/c17-12-5-6-13(14(9-12)22(23)24)20-7-1-3-11(10-20)16-19-18-15-4-2-8-21(15)16/h5-6,9,11H,1-4,7-8,10H2. The Morgan fingerprint density at radius 2 is 2.12 bits per heavy atom. The van der Waals surface area contributed by atoms with Gasteiger partial charge in [-0.2, -0.15) is 0 Å². The van der Waals surface area contributed by atoms with Gasteiger partial charge in [0.1, 0.15) is 17.3 Å². The Balaban J connectivity index is 1.63. The van der Waals surface area contributed by atoms with E-state index in [1.807, 2.05) is 12.1 Å². The molecule has 1 atom stereocenters. The molecule has 4 rings (SSSR count). The molecule has 0 N–H and O–H groups in total. The number of hydrogen-bond donors (Lipinski definition) is 0. The van der Waals surface area contributed by atoms with E-state index in [1.165, 1.54) is 0 Å². The first-order chi connectivity index (χ1) is 11.6. The van der Waals surface area contributed by atoms with Gasteiger partial charge in [-0.25, -0.2) is 0 Å². The zero-order chi connectivity index (χ0) is 16.7. The Labute approximate surface area is 153 Å². The van der Waals surface area contributed by atoms with Crippen molar-refractivity contribution in [3.8, 4) is 0 Å². The van der Waals surface area contributed by atoms with Gasteiger partial charge < -0.3 is 9.47 Å². The molecule has 2 aromatic rings. The summed E-state index contributed by atoms with van der Waals surface area (Å²) >= 11 is 2.11. The Morgan fingerprint density at radius 3 is 2.96 bits per heavy atom. The van der Waals surface area contributed by atoms with Gasteiger partial charge in [0.15, 0.2) is 0 Å². The number of piperidine rings is 1. The fourth-order valence-electron chi connectivity index (χ4n) is 3.79. The van der Waals surface area contributed by atoms with Crippen molar-refractivity contribution in [3.63, 3.8) is 0 Å². The molecule has 0 radical (unpaired) electrons. The fraction of sp³-hybridized carbons (Fsp3) is 0.500. The van der Waals surface area contributed by atoms with Gasteiger partial charge in [0.05, 0.1) is 4.92 Å². The molecule has 8 heteroatoms. The average molecular weight is 439 g/mol. The van der Waals surface area contributed by atoms with Gasteiger partial charge in [0, 0.05) is 41.6 Å². The summed E-state index contributed by atoms with van der Waals surface area (Å²) in [6.07, 6.45) is 4.21. The fourth-order valence-corrected chi connectivity index (χ4v) is 4.27. The molecule has 1 aromatic heterocycles. The molecule has 2 aliphatic rings. The van der Waals surface area contributed by atoms with Crippen molar-refractivity contribution in [3.05, 3.63) is 43.5 Å². The topological polar surface area (TPSA) is 77.1 Å². The number of halogens is 1. The van der Waals surface area contributed by atoms with Crippen LogP contribution in [0.5, 0.6) is 0 Å². The summed E-state index contributed by atoms with van der Waals surface area (Å²) < 4.78 is 3.13. The van der Waals surface area contributed by atoms with Gasteiger partial charge in [-0.05, 0) is 54.0 Å². The zero-order valence-electron chi connectivity index (χ0n) is 13.2. The van der Waals surface area contributed by atoms with E-state index in [-0.39, 0.29) is 16.5 Å². The zero-order valence-corrected chi connectivity index (χ0v) is 15.3. The van der Waals surface area contributed by atoms with Crippen LogP contribution in [-0.2, 0) is 13.0 Å². The summed E-state index contributed by atoms with van der Waals surface area (Å²) in [5, 5.41) is 20.2. The second kappa shape index (κ2) is 6.30. The highest BCUT2D eigenvalue weighted by Crippen LogP contribution is 2.35. The number of nitrogens with zero attached hydrogens (tertiary/aromatic N) is 5. The highest BCUT2D eigenvalue weighted by Gasteiger charge is 2.30.